The summed E-state index contributed by atoms with van der Waals surface area (Å²) < 4.78 is 0. The molecular weight excluding hydrogens is 376 g/mol. The van der Waals surface area contributed by atoms with Gasteiger partial charge in [-0.15, -0.1) is 0 Å². The van der Waals surface area contributed by atoms with Crippen molar-refractivity contribution < 1.29 is 9.90 Å². The van der Waals surface area contributed by atoms with E-state index in [1.54, 1.807) is 0 Å². The van der Waals surface area contributed by atoms with Crippen LogP contribution in [0.1, 0.15) is 32.3 Å². The van der Waals surface area contributed by atoms with E-state index in [0.717, 1.165) is 59.6 Å². The van der Waals surface area contributed by atoms with Crippen molar-refractivity contribution in [1.29, 1.82) is 0 Å². The summed E-state index contributed by atoms with van der Waals surface area (Å²) in [6, 6.07) is 16.3. The molecule has 2 aromatic carbocycles. The fourth-order valence-corrected chi connectivity index (χ4v) is 3.84. The molecule has 2 heterocycles. The number of rotatable bonds is 4. The number of nitrogens with one attached hydrogen (secondary N) is 1. The average Bonchev–Trinajstić information content (AvgIpc) is 2.73. The number of anilines is 1. The number of benzene rings is 2. The minimum absolute atomic E-state index is 0.0594. The molecule has 1 aliphatic heterocycles. The molecule has 6 nitrogen and oxygen atoms in total. The lowest BCUT2D eigenvalue weighted by Crippen LogP contribution is -2.50. The van der Waals surface area contributed by atoms with Crippen LogP contribution in [0.4, 0.5) is 5.82 Å². The van der Waals surface area contributed by atoms with E-state index in [1.807, 2.05) is 30.3 Å². The second-order valence-corrected chi connectivity index (χ2v) is 8.50. The second-order valence-electron chi connectivity index (χ2n) is 8.50. The molecule has 0 aliphatic carbocycles. The summed E-state index contributed by atoms with van der Waals surface area (Å²) in [5.41, 5.74) is 1.75. The van der Waals surface area contributed by atoms with Crippen LogP contribution in [0.15, 0.2) is 48.5 Å². The number of fused-ring (bicyclic) bond motifs is 1. The minimum atomic E-state index is -1.36. The predicted molar refractivity (Wildman–Crippen MR) is 119 cm³/mol. The molecule has 0 radical (unpaired) electrons. The zero-order valence-corrected chi connectivity index (χ0v) is 17.7. The molecule has 0 unspecified atom stereocenters. The summed E-state index contributed by atoms with van der Waals surface area (Å²) in [5.74, 6) is 1.35. The summed E-state index contributed by atoms with van der Waals surface area (Å²) in [6.45, 7) is 6.66. The smallest absolute Gasteiger partial charge is 0.251 e. The van der Waals surface area contributed by atoms with E-state index < -0.39 is 5.60 Å². The van der Waals surface area contributed by atoms with Gasteiger partial charge in [-0.3, -0.25) is 4.79 Å². The standard InChI is InChI=1S/C24H28N4O2/c1-16-8-4-5-9-18(16)21-26-20-11-7-6-10-19(20)22(27-21)28-14-12-17(13-15-28)25-23(29)24(2,3)30/h4-11,17,30H,12-15H2,1-3H3,(H,25,29). The first-order valence-corrected chi connectivity index (χ1v) is 10.4. The van der Waals surface area contributed by atoms with Gasteiger partial charge in [0.25, 0.3) is 5.91 Å². The third-order valence-corrected chi connectivity index (χ3v) is 5.65. The van der Waals surface area contributed by atoms with Crippen LogP contribution in [0.2, 0.25) is 0 Å². The topological polar surface area (TPSA) is 78.4 Å². The lowest BCUT2D eigenvalue weighted by Gasteiger charge is -2.34. The number of para-hydroxylation sites is 1. The monoisotopic (exact) mass is 404 g/mol. The van der Waals surface area contributed by atoms with Crippen LogP contribution in [-0.4, -0.2) is 45.7 Å². The van der Waals surface area contributed by atoms with Gasteiger partial charge in [0.2, 0.25) is 0 Å². The summed E-state index contributed by atoms with van der Waals surface area (Å²) in [5, 5.41) is 13.9. The van der Waals surface area contributed by atoms with E-state index in [4.69, 9.17) is 9.97 Å². The van der Waals surface area contributed by atoms with Gasteiger partial charge in [0.05, 0.1) is 5.52 Å². The average molecular weight is 405 g/mol. The van der Waals surface area contributed by atoms with Gasteiger partial charge in [-0.1, -0.05) is 36.4 Å². The Balaban J connectivity index is 1.62. The molecule has 156 valence electrons. The summed E-state index contributed by atoms with van der Waals surface area (Å²) >= 11 is 0. The van der Waals surface area contributed by atoms with Gasteiger partial charge in [0.1, 0.15) is 11.4 Å². The summed E-state index contributed by atoms with van der Waals surface area (Å²) in [6.07, 6.45) is 1.61. The van der Waals surface area contributed by atoms with Crippen molar-refractivity contribution >= 4 is 22.6 Å². The normalized spacial score (nSPS) is 15.4. The van der Waals surface area contributed by atoms with E-state index in [9.17, 15) is 9.90 Å². The molecule has 0 saturated carbocycles. The summed E-state index contributed by atoms with van der Waals surface area (Å²) in [7, 11) is 0. The molecule has 1 saturated heterocycles. The zero-order valence-electron chi connectivity index (χ0n) is 17.7. The van der Waals surface area contributed by atoms with Crippen molar-refractivity contribution in [3.63, 3.8) is 0 Å². The quantitative estimate of drug-likeness (QED) is 0.696. The van der Waals surface area contributed by atoms with Gasteiger partial charge >= 0.3 is 0 Å². The van der Waals surface area contributed by atoms with Gasteiger partial charge in [0, 0.05) is 30.1 Å². The van der Waals surface area contributed by atoms with Gasteiger partial charge in [0.15, 0.2) is 5.82 Å². The molecule has 6 heteroatoms. The Kier molecular flexibility index (Phi) is 5.43. The Morgan fingerprint density at radius 3 is 2.43 bits per heavy atom. The highest BCUT2D eigenvalue weighted by molar-refractivity contribution is 5.91. The number of aliphatic hydroxyl groups is 1. The third-order valence-electron chi connectivity index (χ3n) is 5.65. The maximum Gasteiger partial charge on any atom is 0.251 e. The number of nitrogens with zero attached hydrogens (tertiary/aromatic N) is 3. The molecule has 3 aromatic rings. The van der Waals surface area contributed by atoms with E-state index in [-0.39, 0.29) is 11.9 Å². The van der Waals surface area contributed by atoms with Crippen LogP contribution < -0.4 is 10.2 Å². The highest BCUT2D eigenvalue weighted by Gasteiger charge is 2.29. The van der Waals surface area contributed by atoms with Crippen molar-refractivity contribution in [2.45, 2.75) is 45.3 Å². The molecule has 30 heavy (non-hydrogen) atoms. The third kappa shape index (κ3) is 4.14. The zero-order chi connectivity index (χ0) is 21.3. The maximum absolute atomic E-state index is 12.1. The van der Waals surface area contributed by atoms with Crippen molar-refractivity contribution in [3.8, 4) is 11.4 Å². The van der Waals surface area contributed by atoms with Crippen LogP contribution in [0, 0.1) is 6.92 Å². The Morgan fingerprint density at radius 2 is 1.73 bits per heavy atom. The number of aromatic nitrogens is 2. The number of carbonyl (C=O) groups is 1. The Hall–Kier alpha value is -2.99. The van der Waals surface area contributed by atoms with Crippen molar-refractivity contribution in [2.24, 2.45) is 0 Å². The molecule has 0 spiro atoms. The molecule has 4 rings (SSSR count). The van der Waals surface area contributed by atoms with Crippen LogP contribution in [0.5, 0.6) is 0 Å². The van der Waals surface area contributed by atoms with Crippen molar-refractivity contribution in [3.05, 3.63) is 54.1 Å². The van der Waals surface area contributed by atoms with E-state index >= 15 is 0 Å². The molecule has 1 fully saturated rings. The van der Waals surface area contributed by atoms with Crippen LogP contribution in [-0.2, 0) is 4.79 Å². The largest absolute Gasteiger partial charge is 0.381 e. The molecule has 0 bridgehead atoms. The number of aryl methyl sites for hydroxylation is 1. The Bertz CT molecular complexity index is 1070. The number of hydrogen-bond acceptors (Lipinski definition) is 5. The highest BCUT2D eigenvalue weighted by Crippen LogP contribution is 2.30. The minimum Gasteiger partial charge on any atom is -0.381 e. The maximum atomic E-state index is 12.1. The number of piperidine rings is 1. The second kappa shape index (κ2) is 8.03. The van der Waals surface area contributed by atoms with Crippen molar-refractivity contribution in [1.82, 2.24) is 15.3 Å². The lowest BCUT2D eigenvalue weighted by molar-refractivity contribution is -0.137. The van der Waals surface area contributed by atoms with Gasteiger partial charge in [-0.2, -0.15) is 0 Å². The van der Waals surface area contributed by atoms with Gasteiger partial charge < -0.3 is 15.3 Å². The van der Waals surface area contributed by atoms with Crippen LogP contribution in [0.25, 0.3) is 22.3 Å². The van der Waals surface area contributed by atoms with Gasteiger partial charge in [-0.25, -0.2) is 9.97 Å². The molecule has 2 N–H and O–H groups in total. The SMILES string of the molecule is Cc1ccccc1-c1nc(N2CCC(NC(=O)C(C)(C)O)CC2)c2ccccc2n1. The number of hydrogen-bond donors (Lipinski definition) is 2. The first-order chi connectivity index (χ1) is 14.3. The number of amides is 1. The number of carbonyl (C=O) groups excluding carboxylic acids is 1. The Morgan fingerprint density at radius 1 is 1.07 bits per heavy atom. The molecule has 1 amide bonds. The molecular formula is C24H28N4O2. The first kappa shape index (κ1) is 20.3. The van der Waals surface area contributed by atoms with E-state index in [1.165, 1.54) is 13.8 Å². The fourth-order valence-electron chi connectivity index (χ4n) is 3.84. The molecule has 0 atom stereocenters. The van der Waals surface area contributed by atoms with E-state index in [2.05, 4.69) is 35.3 Å². The molecule has 1 aromatic heterocycles. The fraction of sp³-hybridized carbons (Fsp3) is 0.375. The van der Waals surface area contributed by atoms with Crippen LogP contribution >= 0.6 is 0 Å². The lowest BCUT2D eigenvalue weighted by atomic mass is 10.0. The van der Waals surface area contributed by atoms with Crippen molar-refractivity contribution in [2.75, 3.05) is 18.0 Å². The van der Waals surface area contributed by atoms with E-state index in [0.29, 0.717) is 0 Å². The molecule has 1 aliphatic rings. The summed E-state index contributed by atoms with van der Waals surface area (Å²) in [4.78, 5) is 24.2. The first-order valence-electron chi connectivity index (χ1n) is 10.4. The highest BCUT2D eigenvalue weighted by atomic mass is 16.3. The van der Waals surface area contributed by atoms with Gasteiger partial charge in [-0.05, 0) is 51.3 Å². The van der Waals surface area contributed by atoms with Crippen LogP contribution in [0.3, 0.4) is 0 Å². The Labute approximate surface area is 177 Å². The predicted octanol–water partition coefficient (Wildman–Crippen LogP) is 3.46.